The number of carbonyl (C=O) groups is 1. The third kappa shape index (κ3) is 8.44. The van der Waals surface area contributed by atoms with Gasteiger partial charge in [0.05, 0.1) is 0 Å². The number of anilines is 1. The molecule has 0 aliphatic carbocycles. The Hall–Kier alpha value is -5.49. The van der Waals surface area contributed by atoms with Crippen molar-refractivity contribution < 1.29 is 47.4 Å². The molecule has 4 aromatic carbocycles. The van der Waals surface area contributed by atoms with Gasteiger partial charge in [-0.25, -0.2) is 0 Å². The van der Waals surface area contributed by atoms with E-state index >= 15 is 0 Å². The molecule has 12 nitrogen and oxygen atoms in total. The number of nitrogens with zero attached hydrogens (tertiary/aromatic N) is 1. The van der Waals surface area contributed by atoms with Gasteiger partial charge >= 0.3 is 320 Å². The van der Waals surface area contributed by atoms with Crippen molar-refractivity contribution in [3.8, 4) is 69.7 Å². The van der Waals surface area contributed by atoms with Crippen LogP contribution in [0.25, 0.3) is 0 Å². The van der Waals surface area contributed by atoms with E-state index in [-0.39, 0.29) is 12.3 Å². The molecule has 14 heteroatoms. The average molecular weight is 838 g/mol. The zero-order valence-electron chi connectivity index (χ0n) is 32.5. The van der Waals surface area contributed by atoms with Crippen molar-refractivity contribution in [2.24, 2.45) is 0 Å². The monoisotopic (exact) mass is 836 g/mol. The van der Waals surface area contributed by atoms with Gasteiger partial charge in [-0.2, -0.15) is 5.26 Å². The third-order valence-electron chi connectivity index (χ3n) is 9.13. The molecule has 0 saturated carbocycles. The SMILES string of the molecule is COc1cc(OC)c(P(Br)(CCCCC(=O)Nc2ccc(C#CC#N)cc2)(c2c(OC)cc(OC)cc2OC)c2c(OC)cc(OC)cc2OC)c(OC)c1. The molecule has 0 aliphatic heterocycles. The molecule has 292 valence electrons. The Balaban J connectivity index is 2.06. The van der Waals surface area contributed by atoms with E-state index in [9.17, 15) is 4.79 Å². The molecule has 4 rings (SSSR count). The normalized spacial score (nSPS) is 11.3. The fourth-order valence-electron chi connectivity index (χ4n) is 6.67. The number of nitriles is 1. The van der Waals surface area contributed by atoms with Crippen molar-refractivity contribution in [2.45, 2.75) is 19.3 Å². The van der Waals surface area contributed by atoms with E-state index in [0.29, 0.717) is 97.9 Å². The second-order valence-electron chi connectivity index (χ2n) is 12.0. The molecule has 0 atom stereocenters. The Morgan fingerprint density at radius 2 is 0.964 bits per heavy atom. The van der Waals surface area contributed by atoms with Crippen LogP contribution in [-0.2, 0) is 4.79 Å². The summed E-state index contributed by atoms with van der Waals surface area (Å²) < 4.78 is 54.3. The second kappa shape index (κ2) is 18.7. The molecule has 0 heterocycles. The van der Waals surface area contributed by atoms with Crippen molar-refractivity contribution >= 4 is 48.3 Å². The zero-order valence-corrected chi connectivity index (χ0v) is 34.9. The molecular weight excluding hydrogens is 791 g/mol. The number of unbranched alkanes of at least 4 members (excludes halogenated alkanes) is 1. The number of nitrogens with one attached hydrogen (secondary N) is 1. The van der Waals surface area contributed by atoms with Crippen molar-refractivity contribution in [1.29, 1.82) is 5.26 Å². The van der Waals surface area contributed by atoms with Crippen LogP contribution in [0, 0.1) is 23.2 Å². The summed E-state index contributed by atoms with van der Waals surface area (Å²) in [6.07, 6.45) is 1.49. The first-order valence-corrected chi connectivity index (χ1v) is 21.4. The number of rotatable bonds is 18. The Bertz CT molecular complexity index is 1880. The average Bonchev–Trinajstić information content (AvgIpc) is 3.23. The summed E-state index contributed by atoms with van der Waals surface area (Å²) in [6, 6.07) is 19.5. The number of methoxy groups -OCH3 is 9. The van der Waals surface area contributed by atoms with Gasteiger partial charge in [-0.15, -0.1) is 0 Å². The van der Waals surface area contributed by atoms with E-state index < -0.39 is 5.31 Å². The fraction of sp³-hybridized carbons (Fsp3) is 0.317. The molecular formula is C41H46BrN2O10P. The number of hydrogen-bond donors (Lipinski definition) is 1. The van der Waals surface area contributed by atoms with Crippen LogP contribution in [0.5, 0.6) is 51.7 Å². The number of carbonyl (C=O) groups excluding carboxylic acids is 1. The van der Waals surface area contributed by atoms with Gasteiger partial charge in [-0.05, 0) is 0 Å². The predicted molar refractivity (Wildman–Crippen MR) is 219 cm³/mol. The molecule has 0 bridgehead atoms. The van der Waals surface area contributed by atoms with Crippen molar-refractivity contribution in [3.63, 3.8) is 0 Å². The number of ether oxygens (including phenoxy) is 9. The maximum atomic E-state index is 13.4. The van der Waals surface area contributed by atoms with Crippen LogP contribution in [0.4, 0.5) is 5.69 Å². The Labute approximate surface area is 330 Å². The molecule has 0 radical (unpaired) electrons. The Morgan fingerprint density at radius 3 is 1.27 bits per heavy atom. The van der Waals surface area contributed by atoms with Crippen LogP contribution in [0.2, 0.25) is 0 Å². The summed E-state index contributed by atoms with van der Waals surface area (Å²) in [5.74, 6) is 9.05. The van der Waals surface area contributed by atoms with Crippen molar-refractivity contribution in [1.82, 2.24) is 0 Å². The van der Waals surface area contributed by atoms with Gasteiger partial charge in [0.1, 0.15) is 0 Å². The Kier molecular flexibility index (Phi) is 14.4. The summed E-state index contributed by atoms with van der Waals surface area (Å²) >= 11 is 4.55. The molecule has 4 aromatic rings. The van der Waals surface area contributed by atoms with E-state index in [1.54, 1.807) is 131 Å². The molecule has 0 spiro atoms. The predicted octanol–water partition coefficient (Wildman–Crippen LogP) is 6.59. The first-order valence-electron chi connectivity index (χ1n) is 17.0. The van der Waals surface area contributed by atoms with Crippen molar-refractivity contribution in [3.05, 3.63) is 66.2 Å². The molecule has 0 aliphatic rings. The van der Waals surface area contributed by atoms with E-state index in [2.05, 4.69) is 32.6 Å². The van der Waals surface area contributed by atoms with Gasteiger partial charge in [-0.1, -0.05) is 0 Å². The van der Waals surface area contributed by atoms with Crippen LogP contribution < -0.4 is 63.9 Å². The quantitative estimate of drug-likeness (QED) is 0.0661. The summed E-state index contributed by atoms with van der Waals surface area (Å²) in [5, 5.41) is 9.19. The van der Waals surface area contributed by atoms with E-state index in [0.717, 1.165) is 0 Å². The van der Waals surface area contributed by atoms with Crippen LogP contribution in [0.1, 0.15) is 24.8 Å². The van der Waals surface area contributed by atoms with Gasteiger partial charge in [0.15, 0.2) is 6.07 Å². The standard InChI is InChI=1S/C41H46BrN2O10P/c1-46-29-21-32(49-4)39(33(22-29)50-5)55(42,40-34(51-6)23-30(47-2)24-35(40)52-7,41-36(53-8)25-31(48-3)26-37(41)54-9)20-11-10-14-38(45)44-28-17-15-27(16-18-28)13-12-19-43/h15-18,21-26H,10-11,14,20H2,1-9H3,(H,44,45). The van der Waals surface area contributed by atoms with Gasteiger partial charge in [0.2, 0.25) is 0 Å². The topological polar surface area (TPSA) is 136 Å². The molecule has 1 N–H and O–H groups in total. The molecule has 0 fully saturated rings. The van der Waals surface area contributed by atoms with Crippen LogP contribution in [0.15, 0.2) is 60.7 Å². The first-order chi connectivity index (χ1) is 26.5. The zero-order chi connectivity index (χ0) is 40.2. The summed E-state index contributed by atoms with van der Waals surface area (Å²) in [6.45, 7) is 0. The summed E-state index contributed by atoms with van der Waals surface area (Å²) in [7, 11) is 14.1. The van der Waals surface area contributed by atoms with Gasteiger partial charge < -0.3 is 0 Å². The minimum atomic E-state index is -4.41. The van der Waals surface area contributed by atoms with Crippen molar-refractivity contribution in [2.75, 3.05) is 75.5 Å². The number of halogens is 1. The van der Waals surface area contributed by atoms with Gasteiger partial charge in [-0.3, -0.25) is 0 Å². The summed E-state index contributed by atoms with van der Waals surface area (Å²) in [4.78, 5) is 13.4. The summed E-state index contributed by atoms with van der Waals surface area (Å²) in [5.41, 5.74) is 1.28. The molecule has 0 aromatic heterocycles. The third-order valence-corrected chi connectivity index (χ3v) is 18.7. The van der Waals surface area contributed by atoms with Crippen LogP contribution >= 0.6 is 20.8 Å². The van der Waals surface area contributed by atoms with E-state index in [4.69, 9.17) is 47.9 Å². The second-order valence-corrected chi connectivity index (χ2v) is 20.8. The fourth-order valence-corrected chi connectivity index (χ4v) is 16.4. The van der Waals surface area contributed by atoms with E-state index in [1.807, 2.05) is 0 Å². The minimum absolute atomic E-state index is 0.176. The molecule has 0 saturated heterocycles. The van der Waals surface area contributed by atoms with Gasteiger partial charge in [0, 0.05) is 0 Å². The van der Waals surface area contributed by atoms with E-state index in [1.165, 1.54) is 0 Å². The van der Waals surface area contributed by atoms with Gasteiger partial charge in [0.25, 0.3) is 0 Å². The maximum absolute atomic E-state index is 13.4. The Morgan fingerprint density at radius 1 is 0.600 bits per heavy atom. The van der Waals surface area contributed by atoms with Crippen LogP contribution in [0.3, 0.4) is 0 Å². The number of benzene rings is 4. The molecule has 0 unspecified atom stereocenters. The number of hydrogen-bond acceptors (Lipinski definition) is 11. The number of amides is 1. The molecule has 55 heavy (non-hydrogen) atoms. The first kappa shape index (κ1) is 42.3. The molecule has 1 amide bonds. The van der Waals surface area contributed by atoms with Crippen LogP contribution in [-0.4, -0.2) is 76.1 Å².